The maximum atomic E-state index is 3.74. The number of nitrogens with zero attached hydrogens (tertiary/aromatic N) is 1. The number of hydrogen-bond donors (Lipinski definition) is 1. The Balaban J connectivity index is 1.67. The molecule has 0 unspecified atom stereocenters. The fraction of sp³-hybridized carbons (Fsp3) is 1.00. The Morgan fingerprint density at radius 2 is 1.79 bits per heavy atom. The highest BCUT2D eigenvalue weighted by atomic mass is 15.2. The van der Waals surface area contributed by atoms with Gasteiger partial charge in [-0.15, -0.1) is 0 Å². The van der Waals surface area contributed by atoms with E-state index in [0.717, 1.165) is 12.1 Å². The molecular formula is C12H24N2. The molecular weight excluding hydrogens is 172 g/mol. The van der Waals surface area contributed by atoms with E-state index >= 15 is 0 Å². The number of hydrogen-bond acceptors (Lipinski definition) is 2. The number of piperidine rings is 1. The molecule has 1 heterocycles. The van der Waals surface area contributed by atoms with Crippen LogP contribution in [0.1, 0.15) is 44.9 Å². The second-order valence-corrected chi connectivity index (χ2v) is 5.02. The van der Waals surface area contributed by atoms with Gasteiger partial charge in [-0.05, 0) is 39.3 Å². The summed E-state index contributed by atoms with van der Waals surface area (Å²) < 4.78 is 0. The Kier molecular flexibility index (Phi) is 3.82. The fourth-order valence-electron chi connectivity index (χ4n) is 2.83. The van der Waals surface area contributed by atoms with E-state index in [-0.39, 0.29) is 0 Å². The second-order valence-electron chi connectivity index (χ2n) is 5.02. The molecule has 82 valence electrons. The quantitative estimate of drug-likeness (QED) is 0.743. The number of likely N-dealkylation sites (N-methyl/N-ethyl adjacent to an activating group) is 1. The van der Waals surface area contributed by atoms with Gasteiger partial charge in [-0.3, -0.25) is 0 Å². The van der Waals surface area contributed by atoms with Crippen LogP contribution in [-0.2, 0) is 0 Å². The van der Waals surface area contributed by atoms with E-state index < -0.39 is 0 Å². The lowest BCUT2D eigenvalue weighted by Gasteiger charge is -2.33. The molecule has 1 aliphatic carbocycles. The van der Waals surface area contributed by atoms with Crippen LogP contribution < -0.4 is 5.32 Å². The van der Waals surface area contributed by atoms with Crippen molar-refractivity contribution in [3.63, 3.8) is 0 Å². The summed E-state index contributed by atoms with van der Waals surface area (Å²) in [6, 6.07) is 1.65. The highest BCUT2D eigenvalue weighted by molar-refractivity contribution is 4.80. The predicted molar refractivity (Wildman–Crippen MR) is 60.5 cm³/mol. The lowest BCUT2D eigenvalue weighted by atomic mass is 10.0. The minimum atomic E-state index is 0.810. The van der Waals surface area contributed by atoms with Crippen LogP contribution in [0.2, 0.25) is 0 Å². The summed E-state index contributed by atoms with van der Waals surface area (Å²) in [6.07, 6.45) is 9.94. The molecule has 0 aromatic heterocycles. The Labute approximate surface area is 88.1 Å². The van der Waals surface area contributed by atoms with Crippen molar-refractivity contribution in [2.75, 3.05) is 20.1 Å². The van der Waals surface area contributed by atoms with Crippen LogP contribution in [0.3, 0.4) is 0 Å². The van der Waals surface area contributed by atoms with Gasteiger partial charge in [-0.2, -0.15) is 0 Å². The molecule has 0 amide bonds. The van der Waals surface area contributed by atoms with E-state index in [9.17, 15) is 0 Å². The van der Waals surface area contributed by atoms with Crippen molar-refractivity contribution in [3.05, 3.63) is 0 Å². The topological polar surface area (TPSA) is 15.3 Å². The van der Waals surface area contributed by atoms with Crippen molar-refractivity contribution < 1.29 is 0 Å². The van der Waals surface area contributed by atoms with Crippen LogP contribution in [0.25, 0.3) is 0 Å². The Morgan fingerprint density at radius 3 is 2.50 bits per heavy atom. The molecule has 0 bridgehead atoms. The van der Waals surface area contributed by atoms with Crippen molar-refractivity contribution in [1.82, 2.24) is 10.2 Å². The van der Waals surface area contributed by atoms with Crippen LogP contribution in [0, 0.1) is 0 Å². The van der Waals surface area contributed by atoms with Gasteiger partial charge in [0.1, 0.15) is 0 Å². The third-order valence-electron chi connectivity index (χ3n) is 3.92. The van der Waals surface area contributed by atoms with E-state index in [1.54, 1.807) is 0 Å². The third-order valence-corrected chi connectivity index (χ3v) is 3.92. The van der Waals surface area contributed by atoms with Crippen molar-refractivity contribution >= 4 is 0 Å². The molecule has 1 atom stereocenters. The van der Waals surface area contributed by atoms with Gasteiger partial charge in [0.25, 0.3) is 0 Å². The lowest BCUT2D eigenvalue weighted by molar-refractivity contribution is 0.178. The zero-order valence-electron chi connectivity index (χ0n) is 9.47. The van der Waals surface area contributed by atoms with Crippen LogP contribution >= 0.6 is 0 Å². The fourth-order valence-corrected chi connectivity index (χ4v) is 2.83. The van der Waals surface area contributed by atoms with Crippen molar-refractivity contribution in [2.45, 2.75) is 57.0 Å². The third kappa shape index (κ3) is 2.71. The molecule has 0 aromatic rings. The Hall–Kier alpha value is -0.0800. The first-order chi connectivity index (χ1) is 6.86. The molecule has 14 heavy (non-hydrogen) atoms. The first kappa shape index (κ1) is 10.4. The van der Waals surface area contributed by atoms with E-state index in [2.05, 4.69) is 17.3 Å². The molecule has 1 saturated carbocycles. The summed E-state index contributed by atoms with van der Waals surface area (Å²) >= 11 is 0. The zero-order chi connectivity index (χ0) is 9.80. The zero-order valence-corrected chi connectivity index (χ0v) is 9.47. The average Bonchev–Trinajstić information content (AvgIpc) is 2.69. The first-order valence-electron chi connectivity index (χ1n) is 6.30. The highest BCUT2D eigenvalue weighted by Crippen LogP contribution is 2.19. The SMILES string of the molecule is CN1CCCC[C@H]1CNC1CCCC1. The first-order valence-corrected chi connectivity index (χ1v) is 6.30. The van der Waals surface area contributed by atoms with Gasteiger partial charge in [-0.25, -0.2) is 0 Å². The maximum Gasteiger partial charge on any atom is 0.0217 e. The van der Waals surface area contributed by atoms with Gasteiger partial charge >= 0.3 is 0 Å². The highest BCUT2D eigenvalue weighted by Gasteiger charge is 2.21. The van der Waals surface area contributed by atoms with Gasteiger partial charge < -0.3 is 10.2 Å². The number of rotatable bonds is 3. The largest absolute Gasteiger partial charge is 0.312 e. The van der Waals surface area contributed by atoms with E-state index in [4.69, 9.17) is 0 Å². The molecule has 0 aromatic carbocycles. The van der Waals surface area contributed by atoms with Gasteiger partial charge in [-0.1, -0.05) is 19.3 Å². The number of nitrogens with one attached hydrogen (secondary N) is 1. The summed E-state index contributed by atoms with van der Waals surface area (Å²) in [5.41, 5.74) is 0. The summed E-state index contributed by atoms with van der Waals surface area (Å²) in [5, 5.41) is 3.74. The molecule has 2 fully saturated rings. The van der Waals surface area contributed by atoms with Gasteiger partial charge in [0.05, 0.1) is 0 Å². The minimum absolute atomic E-state index is 0.810. The standard InChI is InChI=1S/C12H24N2/c1-14-9-5-4-8-12(14)10-13-11-6-2-3-7-11/h11-13H,2-10H2,1H3/t12-/m0/s1. The second kappa shape index (κ2) is 5.13. The predicted octanol–water partition coefficient (Wildman–Crippen LogP) is 2.00. The van der Waals surface area contributed by atoms with Gasteiger partial charge in [0, 0.05) is 18.6 Å². The maximum absolute atomic E-state index is 3.74. The van der Waals surface area contributed by atoms with E-state index in [1.807, 2.05) is 0 Å². The Morgan fingerprint density at radius 1 is 1.07 bits per heavy atom. The van der Waals surface area contributed by atoms with Crippen LogP contribution in [0.4, 0.5) is 0 Å². The van der Waals surface area contributed by atoms with E-state index in [0.29, 0.717) is 0 Å². The lowest BCUT2D eigenvalue weighted by Crippen LogP contribution is -2.45. The summed E-state index contributed by atoms with van der Waals surface area (Å²) in [7, 11) is 2.28. The molecule has 2 rings (SSSR count). The molecule has 2 heteroatoms. The monoisotopic (exact) mass is 196 g/mol. The molecule has 0 spiro atoms. The van der Waals surface area contributed by atoms with Crippen molar-refractivity contribution in [2.24, 2.45) is 0 Å². The number of likely N-dealkylation sites (tertiary alicyclic amines) is 1. The molecule has 1 saturated heterocycles. The van der Waals surface area contributed by atoms with Crippen molar-refractivity contribution in [1.29, 1.82) is 0 Å². The summed E-state index contributed by atoms with van der Waals surface area (Å²) in [4.78, 5) is 2.53. The van der Waals surface area contributed by atoms with Crippen LogP contribution in [-0.4, -0.2) is 37.1 Å². The molecule has 1 aliphatic heterocycles. The molecule has 1 N–H and O–H groups in total. The summed E-state index contributed by atoms with van der Waals surface area (Å²) in [5.74, 6) is 0. The van der Waals surface area contributed by atoms with Gasteiger partial charge in [0.15, 0.2) is 0 Å². The Bertz CT molecular complexity index is 164. The summed E-state index contributed by atoms with van der Waals surface area (Å²) in [6.45, 7) is 2.53. The van der Waals surface area contributed by atoms with Gasteiger partial charge in [0.2, 0.25) is 0 Å². The van der Waals surface area contributed by atoms with Crippen LogP contribution in [0.15, 0.2) is 0 Å². The average molecular weight is 196 g/mol. The van der Waals surface area contributed by atoms with Crippen molar-refractivity contribution in [3.8, 4) is 0 Å². The molecule has 2 aliphatic rings. The molecule has 2 nitrogen and oxygen atoms in total. The van der Waals surface area contributed by atoms with Crippen LogP contribution in [0.5, 0.6) is 0 Å². The minimum Gasteiger partial charge on any atom is -0.312 e. The molecule has 0 radical (unpaired) electrons. The smallest absolute Gasteiger partial charge is 0.0217 e. The van der Waals surface area contributed by atoms with E-state index in [1.165, 1.54) is 58.0 Å². The normalized spacial score (nSPS) is 31.1.